The monoisotopic (exact) mass is 268 g/mol. The highest BCUT2D eigenvalue weighted by Gasteiger charge is 2.16. The van der Waals surface area contributed by atoms with Crippen molar-refractivity contribution in [2.75, 3.05) is 10.5 Å². The molecule has 0 saturated heterocycles. The smallest absolute Gasteiger partial charge is 0.263 e. The number of nitrogens with zero attached hydrogens (tertiary/aromatic N) is 2. The third kappa shape index (κ3) is 2.54. The average Bonchev–Trinajstić information content (AvgIpc) is 2.33. The lowest BCUT2D eigenvalue weighted by molar-refractivity contribution is 0.600. The summed E-state index contributed by atoms with van der Waals surface area (Å²) in [4.78, 5) is 7.35. The molecule has 0 amide bonds. The van der Waals surface area contributed by atoms with Crippen molar-refractivity contribution in [2.24, 2.45) is 0 Å². The van der Waals surface area contributed by atoms with Gasteiger partial charge in [0.25, 0.3) is 10.0 Å². The summed E-state index contributed by atoms with van der Waals surface area (Å²) in [5, 5.41) is 0. The Morgan fingerprint density at radius 2 is 2.06 bits per heavy atom. The molecule has 6 nitrogen and oxygen atoms in total. The molecule has 2 aromatic rings. The van der Waals surface area contributed by atoms with Crippen LogP contribution in [0.25, 0.3) is 0 Å². The van der Waals surface area contributed by atoms with Crippen molar-refractivity contribution in [1.82, 2.24) is 9.97 Å². The number of rotatable bonds is 3. The molecular formula is C10H9FN4O2S. The lowest BCUT2D eigenvalue weighted by atomic mass is 10.3. The molecular weight excluding hydrogens is 259 g/mol. The molecule has 94 valence electrons. The van der Waals surface area contributed by atoms with Crippen LogP contribution in [-0.4, -0.2) is 18.4 Å². The number of aromatic nitrogens is 2. The highest BCUT2D eigenvalue weighted by molar-refractivity contribution is 7.92. The Balaban J connectivity index is 2.34. The van der Waals surface area contributed by atoms with Crippen LogP contribution in [0.3, 0.4) is 0 Å². The van der Waals surface area contributed by atoms with Gasteiger partial charge in [0.05, 0.1) is 16.8 Å². The van der Waals surface area contributed by atoms with Gasteiger partial charge in [0.15, 0.2) is 5.82 Å². The molecule has 0 unspecified atom stereocenters. The van der Waals surface area contributed by atoms with Crippen LogP contribution in [0.1, 0.15) is 0 Å². The van der Waals surface area contributed by atoms with Crippen molar-refractivity contribution < 1.29 is 12.8 Å². The van der Waals surface area contributed by atoms with Crippen LogP contribution in [-0.2, 0) is 10.0 Å². The summed E-state index contributed by atoms with van der Waals surface area (Å²) in [5.74, 6) is -0.603. The van der Waals surface area contributed by atoms with Gasteiger partial charge in [0.2, 0.25) is 0 Å². The first-order valence-corrected chi connectivity index (χ1v) is 6.31. The van der Waals surface area contributed by atoms with E-state index < -0.39 is 15.8 Å². The van der Waals surface area contributed by atoms with Gasteiger partial charge in [-0.15, -0.1) is 0 Å². The second-order valence-corrected chi connectivity index (χ2v) is 5.06. The van der Waals surface area contributed by atoms with Gasteiger partial charge < -0.3 is 5.73 Å². The molecule has 1 aromatic heterocycles. The standard InChI is InChI=1S/C10H9FN4O2S/c11-8-2-1-7(5-9(8)12)18(16,17)15-10-6-13-3-4-14-10/h1-6H,12H2,(H,14,15). The molecule has 0 aliphatic rings. The molecule has 0 fully saturated rings. The molecule has 0 saturated carbocycles. The summed E-state index contributed by atoms with van der Waals surface area (Å²) in [6, 6.07) is 3.14. The van der Waals surface area contributed by atoms with E-state index >= 15 is 0 Å². The number of hydrogen-bond donors (Lipinski definition) is 2. The molecule has 0 bridgehead atoms. The van der Waals surface area contributed by atoms with Gasteiger partial charge in [-0.1, -0.05) is 0 Å². The third-order valence-electron chi connectivity index (χ3n) is 2.08. The molecule has 1 heterocycles. The lowest BCUT2D eigenvalue weighted by Gasteiger charge is -2.07. The van der Waals surface area contributed by atoms with Gasteiger partial charge in [-0.25, -0.2) is 17.8 Å². The Hall–Kier alpha value is -2.22. The van der Waals surface area contributed by atoms with Gasteiger partial charge >= 0.3 is 0 Å². The van der Waals surface area contributed by atoms with E-state index in [2.05, 4.69) is 14.7 Å². The lowest BCUT2D eigenvalue weighted by Crippen LogP contribution is -2.14. The van der Waals surface area contributed by atoms with Gasteiger partial charge in [-0.05, 0) is 18.2 Å². The zero-order valence-corrected chi connectivity index (χ0v) is 9.86. The van der Waals surface area contributed by atoms with E-state index in [4.69, 9.17) is 5.73 Å². The van der Waals surface area contributed by atoms with Crippen molar-refractivity contribution in [3.63, 3.8) is 0 Å². The van der Waals surface area contributed by atoms with Crippen molar-refractivity contribution in [3.8, 4) is 0 Å². The molecule has 2 rings (SSSR count). The minimum atomic E-state index is -3.85. The fraction of sp³-hybridized carbons (Fsp3) is 0. The molecule has 0 radical (unpaired) electrons. The molecule has 0 atom stereocenters. The molecule has 8 heteroatoms. The van der Waals surface area contributed by atoms with Crippen LogP contribution in [0.15, 0.2) is 41.7 Å². The average molecular weight is 268 g/mol. The highest BCUT2D eigenvalue weighted by atomic mass is 32.2. The van der Waals surface area contributed by atoms with Gasteiger partial charge in [0, 0.05) is 12.4 Å². The zero-order valence-electron chi connectivity index (χ0n) is 9.04. The van der Waals surface area contributed by atoms with Gasteiger partial charge in [-0.3, -0.25) is 9.71 Å². The predicted octanol–water partition coefficient (Wildman–Crippen LogP) is 0.999. The maximum absolute atomic E-state index is 13.0. The van der Waals surface area contributed by atoms with Crippen molar-refractivity contribution in [2.45, 2.75) is 4.90 Å². The Bertz CT molecular complexity index is 661. The molecule has 0 aliphatic heterocycles. The molecule has 3 N–H and O–H groups in total. The summed E-state index contributed by atoms with van der Waals surface area (Å²) >= 11 is 0. The zero-order chi connectivity index (χ0) is 13.2. The number of sulfonamides is 1. The quantitative estimate of drug-likeness (QED) is 0.809. The second kappa shape index (κ2) is 4.57. The normalized spacial score (nSPS) is 11.2. The fourth-order valence-electron chi connectivity index (χ4n) is 1.24. The number of benzene rings is 1. The number of halogens is 1. The molecule has 0 spiro atoms. The fourth-order valence-corrected chi connectivity index (χ4v) is 2.27. The summed E-state index contributed by atoms with van der Waals surface area (Å²) in [7, 11) is -3.85. The van der Waals surface area contributed by atoms with Crippen LogP contribution in [0.4, 0.5) is 15.9 Å². The van der Waals surface area contributed by atoms with E-state index in [-0.39, 0.29) is 16.4 Å². The van der Waals surface area contributed by atoms with Crippen LogP contribution >= 0.6 is 0 Å². The van der Waals surface area contributed by atoms with Crippen LogP contribution in [0, 0.1) is 5.82 Å². The Labute approximate surface area is 103 Å². The third-order valence-corrected chi connectivity index (χ3v) is 3.43. The Morgan fingerprint density at radius 1 is 1.28 bits per heavy atom. The summed E-state index contributed by atoms with van der Waals surface area (Å²) < 4.78 is 39.0. The number of nitrogen functional groups attached to an aromatic ring is 1. The van der Waals surface area contributed by atoms with Crippen molar-refractivity contribution in [1.29, 1.82) is 0 Å². The molecule has 1 aromatic carbocycles. The van der Waals surface area contributed by atoms with E-state index in [9.17, 15) is 12.8 Å². The number of hydrogen-bond acceptors (Lipinski definition) is 5. The van der Waals surface area contributed by atoms with Crippen molar-refractivity contribution in [3.05, 3.63) is 42.6 Å². The first-order chi connectivity index (χ1) is 8.49. The number of nitrogens with two attached hydrogens (primary N) is 1. The second-order valence-electron chi connectivity index (χ2n) is 3.38. The maximum atomic E-state index is 13.0. The van der Waals surface area contributed by atoms with Gasteiger partial charge in [-0.2, -0.15) is 0 Å². The van der Waals surface area contributed by atoms with E-state index in [1.165, 1.54) is 18.6 Å². The maximum Gasteiger partial charge on any atom is 0.263 e. The van der Waals surface area contributed by atoms with Crippen LogP contribution in [0.2, 0.25) is 0 Å². The molecule has 18 heavy (non-hydrogen) atoms. The summed E-state index contributed by atoms with van der Waals surface area (Å²) in [6.07, 6.45) is 4.01. The summed E-state index contributed by atoms with van der Waals surface area (Å²) in [6.45, 7) is 0. The SMILES string of the molecule is Nc1cc(S(=O)(=O)Nc2cnccn2)ccc1F. The highest BCUT2D eigenvalue weighted by Crippen LogP contribution is 2.18. The van der Waals surface area contributed by atoms with Crippen LogP contribution in [0.5, 0.6) is 0 Å². The first kappa shape index (κ1) is 12.2. The summed E-state index contributed by atoms with van der Waals surface area (Å²) in [5.41, 5.74) is 5.08. The van der Waals surface area contributed by atoms with Gasteiger partial charge in [0.1, 0.15) is 5.82 Å². The minimum Gasteiger partial charge on any atom is -0.396 e. The predicted molar refractivity (Wildman–Crippen MR) is 63.7 cm³/mol. The Kier molecular flexibility index (Phi) is 3.11. The van der Waals surface area contributed by atoms with E-state index in [1.807, 2.05) is 0 Å². The molecule has 0 aliphatic carbocycles. The minimum absolute atomic E-state index is 0.0698. The largest absolute Gasteiger partial charge is 0.396 e. The van der Waals surface area contributed by atoms with Crippen molar-refractivity contribution >= 4 is 21.5 Å². The Morgan fingerprint density at radius 3 is 2.67 bits per heavy atom. The topological polar surface area (TPSA) is 98.0 Å². The van der Waals surface area contributed by atoms with E-state index in [0.29, 0.717) is 0 Å². The first-order valence-electron chi connectivity index (χ1n) is 4.83. The van der Waals surface area contributed by atoms with E-state index in [0.717, 1.165) is 18.2 Å². The van der Waals surface area contributed by atoms with E-state index in [1.54, 1.807) is 0 Å². The number of nitrogens with one attached hydrogen (secondary N) is 1. The number of anilines is 2. The van der Waals surface area contributed by atoms with Crippen LogP contribution < -0.4 is 10.5 Å².